The van der Waals surface area contributed by atoms with Crippen LogP contribution < -0.4 is 20.1 Å². The van der Waals surface area contributed by atoms with Gasteiger partial charge >= 0.3 is 0 Å². The maximum Gasteiger partial charge on any atom is 0.191 e. The van der Waals surface area contributed by atoms with Crippen LogP contribution >= 0.6 is 24.0 Å². The normalized spacial score (nSPS) is 11.0. The van der Waals surface area contributed by atoms with Crippen LogP contribution in [0, 0.1) is 0 Å². The third-order valence-electron chi connectivity index (χ3n) is 4.12. The molecular formula is C21H26IN3O3. The number of methoxy groups -OCH3 is 2. The maximum atomic E-state index is 5.84. The highest BCUT2D eigenvalue weighted by molar-refractivity contribution is 14.0. The zero-order valence-corrected chi connectivity index (χ0v) is 18.7. The molecule has 0 spiro atoms. The van der Waals surface area contributed by atoms with Crippen LogP contribution in [0.2, 0.25) is 0 Å². The number of hydrogen-bond donors (Lipinski definition) is 2. The van der Waals surface area contributed by atoms with Crippen LogP contribution in [0.25, 0.3) is 11.0 Å². The van der Waals surface area contributed by atoms with Gasteiger partial charge in [0.25, 0.3) is 0 Å². The first kappa shape index (κ1) is 21.9. The number of furan rings is 1. The number of aliphatic imine (C=N–C) groups is 1. The van der Waals surface area contributed by atoms with Gasteiger partial charge in [-0.1, -0.05) is 24.3 Å². The Kier molecular flexibility index (Phi) is 8.43. The van der Waals surface area contributed by atoms with Crippen molar-refractivity contribution < 1.29 is 13.9 Å². The van der Waals surface area contributed by atoms with Gasteiger partial charge in [0.2, 0.25) is 0 Å². The third-order valence-corrected chi connectivity index (χ3v) is 4.12. The molecule has 0 bridgehead atoms. The molecule has 0 aliphatic heterocycles. The monoisotopic (exact) mass is 495 g/mol. The van der Waals surface area contributed by atoms with Crippen molar-refractivity contribution in [3.8, 4) is 11.5 Å². The molecule has 1 heterocycles. The van der Waals surface area contributed by atoms with E-state index < -0.39 is 0 Å². The Morgan fingerprint density at radius 2 is 1.79 bits per heavy atom. The molecule has 0 aliphatic rings. The minimum Gasteiger partial charge on any atom is -0.493 e. The molecule has 3 aromatic rings. The number of halogens is 1. The summed E-state index contributed by atoms with van der Waals surface area (Å²) in [6, 6.07) is 15.8. The van der Waals surface area contributed by atoms with Crippen LogP contribution in [0.4, 0.5) is 0 Å². The van der Waals surface area contributed by atoms with E-state index in [0.29, 0.717) is 24.6 Å². The largest absolute Gasteiger partial charge is 0.493 e. The summed E-state index contributed by atoms with van der Waals surface area (Å²) in [5, 5.41) is 7.66. The van der Waals surface area contributed by atoms with Crippen LogP contribution in [0.3, 0.4) is 0 Å². The summed E-state index contributed by atoms with van der Waals surface area (Å²) in [5.41, 5.74) is 1.93. The molecule has 0 aliphatic carbocycles. The molecule has 0 saturated carbocycles. The molecule has 2 N–H and O–H groups in total. The zero-order valence-electron chi connectivity index (χ0n) is 16.3. The highest BCUT2D eigenvalue weighted by Gasteiger charge is 2.06. The Hall–Kier alpha value is -2.42. The van der Waals surface area contributed by atoms with Gasteiger partial charge in [0.1, 0.15) is 11.3 Å². The van der Waals surface area contributed by atoms with E-state index in [1.807, 2.05) is 55.5 Å². The van der Waals surface area contributed by atoms with Gasteiger partial charge in [-0.3, -0.25) is 0 Å². The highest BCUT2D eigenvalue weighted by atomic mass is 127. The number of ether oxygens (including phenoxy) is 2. The molecule has 7 heteroatoms. The van der Waals surface area contributed by atoms with E-state index in [-0.39, 0.29) is 24.0 Å². The minimum absolute atomic E-state index is 0. The standard InChI is InChI=1S/C21H25N3O3.HI/c1-4-22-21(23-13-15-9-10-19(25-2)20(11-15)26-3)24-14-17-12-16-7-5-6-8-18(16)27-17;/h5-12H,4,13-14H2,1-3H3,(H2,22,23,24);1H. The number of guanidine groups is 1. The van der Waals surface area contributed by atoms with Gasteiger partial charge in [0, 0.05) is 11.9 Å². The fraction of sp³-hybridized carbons (Fsp3) is 0.286. The van der Waals surface area contributed by atoms with Crippen LogP contribution in [-0.4, -0.2) is 26.7 Å². The summed E-state index contributed by atoms with van der Waals surface area (Å²) in [6.07, 6.45) is 0. The summed E-state index contributed by atoms with van der Waals surface area (Å²) in [5.74, 6) is 3.01. The van der Waals surface area contributed by atoms with Gasteiger partial charge in [0.15, 0.2) is 17.5 Å². The molecule has 0 unspecified atom stereocenters. The number of fused-ring (bicyclic) bond motifs is 1. The lowest BCUT2D eigenvalue weighted by molar-refractivity contribution is 0.354. The smallest absolute Gasteiger partial charge is 0.191 e. The van der Waals surface area contributed by atoms with Crippen molar-refractivity contribution in [2.45, 2.75) is 20.0 Å². The molecule has 28 heavy (non-hydrogen) atoms. The van der Waals surface area contributed by atoms with Crippen molar-refractivity contribution in [1.29, 1.82) is 0 Å². The molecule has 0 amide bonds. The van der Waals surface area contributed by atoms with E-state index in [1.165, 1.54) is 0 Å². The molecule has 0 radical (unpaired) electrons. The van der Waals surface area contributed by atoms with Gasteiger partial charge in [-0.05, 0) is 36.8 Å². The van der Waals surface area contributed by atoms with Gasteiger partial charge in [-0.25, -0.2) is 4.99 Å². The van der Waals surface area contributed by atoms with Crippen molar-refractivity contribution in [1.82, 2.24) is 10.6 Å². The molecule has 2 aromatic carbocycles. The van der Waals surface area contributed by atoms with Crippen LogP contribution in [-0.2, 0) is 13.1 Å². The number of nitrogens with zero attached hydrogens (tertiary/aromatic N) is 1. The van der Waals surface area contributed by atoms with Crippen molar-refractivity contribution in [3.63, 3.8) is 0 Å². The second kappa shape index (κ2) is 10.8. The molecule has 0 atom stereocenters. The Labute approximate surface area is 182 Å². The van der Waals surface area contributed by atoms with Crippen LogP contribution in [0.5, 0.6) is 11.5 Å². The van der Waals surface area contributed by atoms with Crippen molar-refractivity contribution in [2.24, 2.45) is 4.99 Å². The Morgan fingerprint density at radius 3 is 2.50 bits per heavy atom. The van der Waals surface area contributed by atoms with E-state index in [4.69, 9.17) is 13.9 Å². The van der Waals surface area contributed by atoms with Gasteiger partial charge in [0.05, 0.1) is 27.3 Å². The van der Waals surface area contributed by atoms with E-state index in [9.17, 15) is 0 Å². The average molecular weight is 495 g/mol. The number of para-hydroxylation sites is 1. The predicted octanol–water partition coefficient (Wildman–Crippen LogP) is 4.32. The SMILES string of the molecule is CCNC(=NCc1ccc(OC)c(OC)c1)NCc1cc2ccccc2o1.I. The summed E-state index contributed by atoms with van der Waals surface area (Å²) in [6.45, 7) is 3.90. The Bertz CT molecular complexity index is 891. The summed E-state index contributed by atoms with van der Waals surface area (Å²) < 4.78 is 16.5. The lowest BCUT2D eigenvalue weighted by atomic mass is 10.2. The van der Waals surface area contributed by atoms with E-state index >= 15 is 0 Å². The zero-order chi connectivity index (χ0) is 19.1. The van der Waals surface area contributed by atoms with Gasteiger partial charge in [-0.15, -0.1) is 24.0 Å². The molecule has 6 nitrogen and oxygen atoms in total. The highest BCUT2D eigenvalue weighted by Crippen LogP contribution is 2.27. The number of nitrogens with one attached hydrogen (secondary N) is 2. The Morgan fingerprint density at radius 1 is 1.00 bits per heavy atom. The Balaban J connectivity index is 0.00000280. The van der Waals surface area contributed by atoms with Crippen LogP contribution in [0.15, 0.2) is 57.9 Å². The van der Waals surface area contributed by atoms with Gasteiger partial charge in [-0.2, -0.15) is 0 Å². The molecule has 0 fully saturated rings. The van der Waals surface area contributed by atoms with E-state index in [2.05, 4.69) is 15.6 Å². The quantitative estimate of drug-likeness (QED) is 0.290. The summed E-state index contributed by atoms with van der Waals surface area (Å²) >= 11 is 0. The summed E-state index contributed by atoms with van der Waals surface area (Å²) in [4.78, 5) is 4.64. The second-order valence-corrected chi connectivity index (χ2v) is 5.99. The third kappa shape index (κ3) is 5.54. The molecule has 150 valence electrons. The number of hydrogen-bond acceptors (Lipinski definition) is 4. The topological polar surface area (TPSA) is 68.0 Å². The van der Waals surface area contributed by atoms with E-state index in [1.54, 1.807) is 14.2 Å². The minimum atomic E-state index is 0. The van der Waals surface area contributed by atoms with Crippen LogP contribution in [0.1, 0.15) is 18.2 Å². The van der Waals surface area contributed by atoms with Crippen molar-refractivity contribution in [2.75, 3.05) is 20.8 Å². The fourth-order valence-corrected chi connectivity index (χ4v) is 2.79. The summed E-state index contributed by atoms with van der Waals surface area (Å²) in [7, 11) is 3.25. The molecule has 1 aromatic heterocycles. The van der Waals surface area contributed by atoms with Crippen molar-refractivity contribution in [3.05, 3.63) is 59.9 Å². The molecule has 3 rings (SSSR count). The van der Waals surface area contributed by atoms with E-state index in [0.717, 1.165) is 34.8 Å². The lowest BCUT2D eigenvalue weighted by Crippen LogP contribution is -2.36. The maximum absolute atomic E-state index is 5.84. The molecular weight excluding hydrogens is 469 g/mol. The first-order valence-corrected chi connectivity index (χ1v) is 8.94. The lowest BCUT2D eigenvalue weighted by Gasteiger charge is -2.11. The van der Waals surface area contributed by atoms with Gasteiger partial charge < -0.3 is 24.5 Å². The first-order valence-electron chi connectivity index (χ1n) is 8.94. The number of benzene rings is 2. The fourth-order valence-electron chi connectivity index (χ4n) is 2.79. The first-order chi connectivity index (χ1) is 13.2. The second-order valence-electron chi connectivity index (χ2n) is 5.99. The van der Waals surface area contributed by atoms with Crippen molar-refractivity contribution >= 4 is 40.9 Å². The predicted molar refractivity (Wildman–Crippen MR) is 123 cm³/mol. The average Bonchev–Trinajstić information content (AvgIpc) is 3.12. The molecule has 0 saturated heterocycles. The number of rotatable bonds is 7.